The van der Waals surface area contributed by atoms with Crippen LogP contribution in [0.4, 0.5) is 4.79 Å². The van der Waals surface area contributed by atoms with Crippen LogP contribution in [0.15, 0.2) is 30.3 Å². The van der Waals surface area contributed by atoms with E-state index in [1.807, 2.05) is 0 Å². The Morgan fingerprint density at radius 2 is 1.84 bits per heavy atom. The number of nitrogens with zero attached hydrogens (tertiary/aromatic N) is 2. The molecule has 2 fully saturated rings. The van der Waals surface area contributed by atoms with Gasteiger partial charge in [-0.25, -0.2) is 15.2 Å². The van der Waals surface area contributed by atoms with Crippen LogP contribution in [0.25, 0.3) is 0 Å². The van der Waals surface area contributed by atoms with Gasteiger partial charge in [-0.15, -0.1) is 11.8 Å². The van der Waals surface area contributed by atoms with Gasteiger partial charge in [0.25, 0.3) is 11.8 Å². The quantitative estimate of drug-likeness (QED) is 0.230. The lowest BCUT2D eigenvalue weighted by Crippen LogP contribution is -2.76. The number of esters is 1. The van der Waals surface area contributed by atoms with Crippen molar-refractivity contribution in [2.24, 2.45) is 5.41 Å². The number of hydrazine groups is 1. The molecule has 0 saturated carbocycles. The number of benzene rings is 1. The molecule has 3 amide bonds. The fourth-order valence-corrected chi connectivity index (χ4v) is 5.34. The molecule has 2 heterocycles. The van der Waals surface area contributed by atoms with Crippen molar-refractivity contribution in [3.05, 3.63) is 30.3 Å². The smallest absolute Gasteiger partial charge is 0.426 e. The highest BCUT2D eigenvalue weighted by Gasteiger charge is 2.59. The van der Waals surface area contributed by atoms with Crippen LogP contribution in [0.2, 0.25) is 0 Å². The van der Waals surface area contributed by atoms with Crippen molar-refractivity contribution in [3.63, 3.8) is 0 Å². The van der Waals surface area contributed by atoms with E-state index in [0.717, 1.165) is 5.01 Å². The number of thioether (sulfide) groups is 1. The van der Waals surface area contributed by atoms with Crippen molar-refractivity contribution in [1.29, 1.82) is 0 Å². The third kappa shape index (κ3) is 7.72. The second-order valence-corrected chi connectivity index (χ2v) is 13.5. The molecule has 2 unspecified atom stereocenters. The molecule has 3 atom stereocenters. The highest BCUT2D eigenvalue weighted by Crippen LogP contribution is 2.44. The van der Waals surface area contributed by atoms with Gasteiger partial charge in [-0.3, -0.25) is 14.4 Å². The molecule has 204 valence electrons. The number of fused-ring (bicyclic) bond motifs is 1. The van der Waals surface area contributed by atoms with Crippen molar-refractivity contribution < 1.29 is 33.4 Å². The number of alkyl halides is 3. The van der Waals surface area contributed by atoms with Crippen LogP contribution in [0.3, 0.4) is 0 Å². The molecule has 2 aliphatic heterocycles. The van der Waals surface area contributed by atoms with Gasteiger partial charge in [0.1, 0.15) is 23.3 Å². The summed E-state index contributed by atoms with van der Waals surface area (Å²) in [5, 5.41) is 0.425. The molecule has 37 heavy (non-hydrogen) atoms. The van der Waals surface area contributed by atoms with Gasteiger partial charge >= 0.3 is 12.1 Å². The van der Waals surface area contributed by atoms with Crippen LogP contribution < -0.4 is 10.2 Å². The topological polar surface area (TPSA) is 114 Å². The number of carbonyl (C=O) groups is 4. The molecule has 1 aromatic rings. The van der Waals surface area contributed by atoms with E-state index >= 15 is 0 Å². The summed E-state index contributed by atoms with van der Waals surface area (Å²) >= 11 is 18.3. The van der Waals surface area contributed by atoms with Gasteiger partial charge in [-0.05, 0) is 39.8 Å². The lowest BCUT2D eigenvalue weighted by molar-refractivity contribution is -0.170. The standard InChI is InChI=1S/C23H28Cl3N3O7S/c1-21(2,3)36-20(33)27-29(15(30)10-34-14-8-6-5-7-9-14)16-17(31)28-11-22(4,13-37-18(16)28)19(32)35-12-23(24,25)26/h5-9,16,18H,10-13H2,1-4H3,(H,27,33)/t16?,18-,22?/m1/s1. The molecule has 1 aromatic carbocycles. The zero-order chi connectivity index (χ0) is 27.6. The first-order chi connectivity index (χ1) is 17.1. The van der Waals surface area contributed by atoms with E-state index in [1.54, 1.807) is 58.0 Å². The maximum absolute atomic E-state index is 13.2. The predicted octanol–water partition coefficient (Wildman–Crippen LogP) is 3.54. The number of ether oxygens (including phenoxy) is 3. The molecule has 0 radical (unpaired) electrons. The Morgan fingerprint density at radius 3 is 2.43 bits per heavy atom. The number of hydrogen-bond acceptors (Lipinski definition) is 8. The van der Waals surface area contributed by atoms with Crippen molar-refractivity contribution >= 4 is 70.4 Å². The molecule has 2 saturated heterocycles. The van der Waals surface area contributed by atoms with E-state index in [1.165, 1.54) is 16.7 Å². The summed E-state index contributed by atoms with van der Waals surface area (Å²) in [4.78, 5) is 52.9. The minimum absolute atomic E-state index is 0.0354. The Bertz CT molecular complexity index is 1030. The summed E-state index contributed by atoms with van der Waals surface area (Å²) in [6.07, 6.45) is -0.896. The number of rotatable bonds is 6. The minimum Gasteiger partial charge on any atom is -0.484 e. The van der Waals surface area contributed by atoms with Gasteiger partial charge in [0.15, 0.2) is 12.6 Å². The molecule has 2 aliphatic rings. The Kier molecular flexibility index (Phi) is 9.04. The summed E-state index contributed by atoms with van der Waals surface area (Å²) in [5.41, 5.74) is 0.518. The summed E-state index contributed by atoms with van der Waals surface area (Å²) < 4.78 is 14.2. The van der Waals surface area contributed by atoms with E-state index in [4.69, 9.17) is 49.0 Å². The van der Waals surface area contributed by atoms with E-state index in [9.17, 15) is 19.2 Å². The van der Waals surface area contributed by atoms with Crippen LogP contribution in [-0.4, -0.2) is 80.1 Å². The Morgan fingerprint density at radius 1 is 1.19 bits per heavy atom. The fraction of sp³-hybridized carbons (Fsp3) is 0.565. The van der Waals surface area contributed by atoms with Gasteiger partial charge in [-0.2, -0.15) is 0 Å². The first-order valence-corrected chi connectivity index (χ1v) is 13.4. The van der Waals surface area contributed by atoms with Crippen LogP contribution in [0.1, 0.15) is 27.7 Å². The number of nitrogens with one attached hydrogen (secondary N) is 1. The Hall–Kier alpha value is -2.08. The average molecular weight is 597 g/mol. The summed E-state index contributed by atoms with van der Waals surface area (Å²) in [5.74, 6) is -1.00. The van der Waals surface area contributed by atoms with Crippen LogP contribution >= 0.6 is 46.6 Å². The Balaban J connectivity index is 1.72. The number of carbonyl (C=O) groups excluding carboxylic acids is 4. The maximum atomic E-state index is 13.2. The number of para-hydroxylation sites is 1. The third-order valence-corrected chi connectivity index (χ3v) is 7.31. The molecule has 0 bridgehead atoms. The molecular formula is C23H28Cl3N3O7S. The number of halogens is 3. The van der Waals surface area contributed by atoms with Crippen molar-refractivity contribution in [3.8, 4) is 5.75 Å². The van der Waals surface area contributed by atoms with E-state index in [0.29, 0.717) is 5.75 Å². The molecule has 0 aliphatic carbocycles. The number of amides is 3. The lowest BCUT2D eigenvalue weighted by atomic mass is 9.89. The second-order valence-electron chi connectivity index (χ2n) is 9.84. The summed E-state index contributed by atoms with van der Waals surface area (Å²) in [6.45, 7) is 5.84. The first kappa shape index (κ1) is 29.5. The largest absolute Gasteiger partial charge is 0.484 e. The second kappa shape index (κ2) is 11.3. The molecule has 1 N–H and O–H groups in total. The van der Waals surface area contributed by atoms with Crippen molar-refractivity contribution in [2.45, 2.75) is 48.5 Å². The lowest BCUT2D eigenvalue weighted by Gasteiger charge is -2.55. The van der Waals surface area contributed by atoms with Gasteiger partial charge < -0.3 is 19.1 Å². The van der Waals surface area contributed by atoms with Crippen LogP contribution in [-0.2, 0) is 23.9 Å². The monoisotopic (exact) mass is 595 g/mol. The SMILES string of the molecule is CC(C)(C)OC(=O)NN(C(=O)COc1ccccc1)C1C(=O)N2CC(C)(C(=O)OCC(Cl)(Cl)Cl)CS[C@H]12. The normalized spacial score (nSPS) is 23.3. The fourth-order valence-electron chi connectivity index (χ4n) is 3.65. The van der Waals surface area contributed by atoms with E-state index in [2.05, 4.69) is 5.43 Å². The van der Waals surface area contributed by atoms with E-state index in [-0.39, 0.29) is 12.3 Å². The third-order valence-electron chi connectivity index (χ3n) is 5.33. The molecule has 0 aromatic heterocycles. The maximum Gasteiger partial charge on any atom is 0.426 e. The number of hydrogen-bond donors (Lipinski definition) is 1. The molecule has 10 nitrogen and oxygen atoms in total. The summed E-state index contributed by atoms with van der Waals surface area (Å²) in [7, 11) is 0. The van der Waals surface area contributed by atoms with E-state index < -0.39 is 63.3 Å². The van der Waals surface area contributed by atoms with Gasteiger partial charge in [0, 0.05) is 12.3 Å². The molecular weight excluding hydrogens is 569 g/mol. The Labute approximate surface area is 234 Å². The molecule has 3 rings (SSSR count). The van der Waals surface area contributed by atoms with Crippen LogP contribution in [0.5, 0.6) is 5.75 Å². The predicted molar refractivity (Wildman–Crippen MR) is 139 cm³/mol. The van der Waals surface area contributed by atoms with Crippen LogP contribution in [0, 0.1) is 5.41 Å². The minimum atomic E-state index is -1.76. The van der Waals surface area contributed by atoms with Gasteiger partial charge in [0.2, 0.25) is 3.79 Å². The number of β-lactam (4-membered cyclic amide) rings is 1. The summed E-state index contributed by atoms with van der Waals surface area (Å²) in [6, 6.07) is 7.62. The first-order valence-electron chi connectivity index (χ1n) is 11.3. The zero-order valence-electron chi connectivity index (χ0n) is 20.7. The highest BCUT2D eigenvalue weighted by molar-refractivity contribution is 8.00. The average Bonchev–Trinajstić information content (AvgIpc) is 2.80. The highest BCUT2D eigenvalue weighted by atomic mass is 35.6. The van der Waals surface area contributed by atoms with Gasteiger partial charge in [-0.1, -0.05) is 53.0 Å². The molecule has 14 heteroatoms. The van der Waals surface area contributed by atoms with Crippen molar-refractivity contribution in [1.82, 2.24) is 15.3 Å². The zero-order valence-corrected chi connectivity index (χ0v) is 23.7. The van der Waals surface area contributed by atoms with Gasteiger partial charge in [0.05, 0.1) is 5.41 Å². The van der Waals surface area contributed by atoms with Crippen molar-refractivity contribution in [2.75, 3.05) is 25.5 Å². The molecule has 0 spiro atoms.